The summed E-state index contributed by atoms with van der Waals surface area (Å²) in [6.07, 6.45) is 2.41. The van der Waals surface area contributed by atoms with Crippen molar-refractivity contribution in [3.05, 3.63) is 59.2 Å². The van der Waals surface area contributed by atoms with Gasteiger partial charge < -0.3 is 19.0 Å². The van der Waals surface area contributed by atoms with Gasteiger partial charge in [-0.1, -0.05) is 24.3 Å². The summed E-state index contributed by atoms with van der Waals surface area (Å²) in [5.74, 6) is 0.0444. The van der Waals surface area contributed by atoms with E-state index in [1.54, 1.807) is 13.0 Å². The number of furan rings is 1. The van der Waals surface area contributed by atoms with Gasteiger partial charge in [0.2, 0.25) is 0 Å². The molecule has 0 radical (unpaired) electrons. The van der Waals surface area contributed by atoms with E-state index in [-0.39, 0.29) is 11.5 Å². The van der Waals surface area contributed by atoms with Crippen LogP contribution in [0.3, 0.4) is 0 Å². The number of para-hydroxylation sites is 1. The number of hydrogen-bond acceptors (Lipinski definition) is 5. The van der Waals surface area contributed by atoms with Gasteiger partial charge in [-0.25, -0.2) is 9.78 Å². The predicted molar refractivity (Wildman–Crippen MR) is 136 cm³/mol. The van der Waals surface area contributed by atoms with E-state index in [4.69, 9.17) is 18.9 Å². The topological polar surface area (TPSA) is 81.8 Å². The van der Waals surface area contributed by atoms with Crippen molar-refractivity contribution >= 4 is 27.8 Å². The molecule has 2 aromatic heterocycles. The third kappa shape index (κ3) is 4.90. The number of halogens is 2. The molecule has 0 aliphatic heterocycles. The molecule has 1 aliphatic carbocycles. The lowest BCUT2D eigenvalue weighted by Crippen LogP contribution is -2.36. The minimum Gasteiger partial charge on any atom is -0.493 e. The smallest absolute Gasteiger partial charge is 0.345 e. The first-order valence-corrected chi connectivity index (χ1v) is 12.4. The Kier molecular flexibility index (Phi) is 6.62. The number of pyridine rings is 1. The Labute approximate surface area is 213 Å². The molecule has 1 N–H and O–H groups in total. The van der Waals surface area contributed by atoms with E-state index in [0.717, 1.165) is 16.5 Å². The van der Waals surface area contributed by atoms with Crippen LogP contribution in [0.5, 0.6) is 5.75 Å². The van der Waals surface area contributed by atoms with Crippen LogP contribution in [0, 0.1) is 19.8 Å². The monoisotopic (exact) mass is 509 g/mol. The maximum atomic E-state index is 12.7. The summed E-state index contributed by atoms with van der Waals surface area (Å²) in [5.41, 5.74) is 2.66. The van der Waals surface area contributed by atoms with Crippen molar-refractivity contribution < 1.29 is 32.6 Å². The second-order valence-corrected chi connectivity index (χ2v) is 10.1. The molecule has 1 saturated carbocycles. The molecule has 0 atom stereocenters. The number of rotatable bonds is 7. The Hall–Kier alpha value is -3.52. The summed E-state index contributed by atoms with van der Waals surface area (Å²) < 4.78 is 42.5. The largest absolute Gasteiger partial charge is 0.493 e. The van der Waals surface area contributed by atoms with Crippen LogP contribution >= 0.6 is 0 Å². The van der Waals surface area contributed by atoms with E-state index in [1.807, 2.05) is 44.2 Å². The number of alkyl halides is 2. The number of aromatic carboxylic acids is 1. The average molecular weight is 510 g/mol. The van der Waals surface area contributed by atoms with Crippen molar-refractivity contribution in [1.82, 2.24) is 4.98 Å². The lowest BCUT2D eigenvalue weighted by atomic mass is 9.80. The highest BCUT2D eigenvalue weighted by Crippen LogP contribution is 2.39. The number of nitrogens with zero attached hydrogens (tertiary/aromatic N) is 1. The fraction of sp³-hybridized carbons (Fsp3) is 0.379. The first-order chi connectivity index (χ1) is 17.6. The Morgan fingerprint density at radius 3 is 2.59 bits per heavy atom. The Bertz CT molecular complexity index is 1470. The molecule has 1 aliphatic rings. The van der Waals surface area contributed by atoms with Crippen molar-refractivity contribution in [2.24, 2.45) is 5.92 Å². The number of aromatic nitrogens is 1. The molecule has 6 nitrogen and oxygen atoms in total. The molecule has 0 saturated heterocycles. The normalized spacial score (nSPS) is 20.1. The van der Waals surface area contributed by atoms with Gasteiger partial charge in [0.15, 0.2) is 5.76 Å². The number of aryl methyl sites for hydroxylation is 2. The highest BCUT2D eigenvalue weighted by atomic mass is 19.3. The van der Waals surface area contributed by atoms with E-state index < -0.39 is 18.2 Å². The second kappa shape index (κ2) is 9.74. The summed E-state index contributed by atoms with van der Waals surface area (Å²) in [4.78, 5) is 17.2. The van der Waals surface area contributed by atoms with Gasteiger partial charge in [0.25, 0.3) is 0 Å². The standard InChI is InChI=1S/C29H29F2NO5/c1-16-8-9-23(35-15-18-10-12-29(3,13-11-18)37-28(30)31)24-20(27(33)34)14-21(32-25(16)24)26-17(2)19-6-4-5-7-22(19)36-26/h4-9,14,18,28H,10-13,15H2,1-3H3,(H,33,34). The molecule has 2 aromatic carbocycles. The van der Waals surface area contributed by atoms with Gasteiger partial charge in [-0.2, -0.15) is 8.78 Å². The number of hydrogen-bond donors (Lipinski definition) is 1. The van der Waals surface area contributed by atoms with E-state index >= 15 is 0 Å². The van der Waals surface area contributed by atoms with Crippen molar-refractivity contribution in [3.63, 3.8) is 0 Å². The number of fused-ring (bicyclic) bond motifs is 2. The SMILES string of the molecule is Cc1c(-c2cc(C(=O)O)c3c(OCC4CCC(C)(OC(F)F)CC4)ccc(C)c3n2)oc2ccccc12. The van der Waals surface area contributed by atoms with Crippen molar-refractivity contribution in [2.45, 2.75) is 58.7 Å². The zero-order chi connectivity index (χ0) is 26.3. The fourth-order valence-electron chi connectivity index (χ4n) is 5.26. The molecule has 0 unspecified atom stereocenters. The minimum atomic E-state index is -2.79. The third-order valence-corrected chi connectivity index (χ3v) is 7.44. The van der Waals surface area contributed by atoms with Gasteiger partial charge >= 0.3 is 12.6 Å². The van der Waals surface area contributed by atoms with Crippen molar-refractivity contribution in [3.8, 4) is 17.2 Å². The van der Waals surface area contributed by atoms with Crippen LogP contribution in [-0.4, -0.2) is 34.9 Å². The Morgan fingerprint density at radius 2 is 1.92 bits per heavy atom. The summed E-state index contributed by atoms with van der Waals surface area (Å²) in [5, 5.41) is 11.5. The van der Waals surface area contributed by atoms with Crippen molar-refractivity contribution in [2.75, 3.05) is 6.61 Å². The van der Waals surface area contributed by atoms with Crippen LogP contribution in [0.15, 0.2) is 46.9 Å². The molecular formula is C29H29F2NO5. The molecule has 2 heterocycles. The zero-order valence-electron chi connectivity index (χ0n) is 21.0. The molecule has 8 heteroatoms. The predicted octanol–water partition coefficient (Wildman–Crippen LogP) is 7.53. The van der Waals surface area contributed by atoms with E-state index in [9.17, 15) is 18.7 Å². The molecular weight excluding hydrogens is 480 g/mol. The number of carboxylic acid groups (broad SMARTS) is 1. The number of carboxylic acids is 1. The molecule has 0 amide bonds. The summed E-state index contributed by atoms with van der Waals surface area (Å²) in [6.45, 7) is 3.10. The highest BCUT2D eigenvalue weighted by Gasteiger charge is 2.34. The van der Waals surface area contributed by atoms with Crippen LogP contribution in [0.1, 0.15) is 54.1 Å². The quantitative estimate of drug-likeness (QED) is 0.277. The van der Waals surface area contributed by atoms with Gasteiger partial charge in [0.05, 0.1) is 28.7 Å². The molecule has 37 heavy (non-hydrogen) atoms. The van der Waals surface area contributed by atoms with Crippen LogP contribution in [0.4, 0.5) is 8.78 Å². The molecule has 194 valence electrons. The summed E-state index contributed by atoms with van der Waals surface area (Å²) in [7, 11) is 0. The molecule has 4 aromatic rings. The number of carbonyl (C=O) groups is 1. The van der Waals surface area contributed by atoms with Gasteiger partial charge in [0.1, 0.15) is 17.0 Å². The average Bonchev–Trinajstić information content (AvgIpc) is 3.20. The Balaban J connectivity index is 1.47. The third-order valence-electron chi connectivity index (χ3n) is 7.44. The number of ether oxygens (including phenoxy) is 2. The maximum absolute atomic E-state index is 12.7. The zero-order valence-corrected chi connectivity index (χ0v) is 21.0. The first-order valence-electron chi connectivity index (χ1n) is 12.4. The van der Waals surface area contributed by atoms with Crippen LogP contribution < -0.4 is 4.74 Å². The summed E-state index contributed by atoms with van der Waals surface area (Å²) in [6, 6.07) is 12.8. The molecule has 5 rings (SSSR count). The molecule has 1 fully saturated rings. The first kappa shape index (κ1) is 25.1. The van der Waals surface area contributed by atoms with Gasteiger partial charge in [-0.15, -0.1) is 0 Å². The molecule has 0 bridgehead atoms. The Morgan fingerprint density at radius 1 is 1.19 bits per heavy atom. The van der Waals surface area contributed by atoms with Gasteiger partial charge in [-0.05, 0) is 76.1 Å². The van der Waals surface area contributed by atoms with Crippen LogP contribution in [-0.2, 0) is 4.74 Å². The summed E-state index contributed by atoms with van der Waals surface area (Å²) >= 11 is 0. The van der Waals surface area contributed by atoms with Gasteiger partial charge in [-0.3, -0.25) is 0 Å². The second-order valence-electron chi connectivity index (χ2n) is 10.1. The molecule has 0 spiro atoms. The minimum absolute atomic E-state index is 0.0834. The van der Waals surface area contributed by atoms with Crippen LogP contribution in [0.25, 0.3) is 33.3 Å². The lowest BCUT2D eigenvalue weighted by Gasteiger charge is -2.36. The van der Waals surface area contributed by atoms with E-state index in [2.05, 4.69) is 0 Å². The highest BCUT2D eigenvalue weighted by molar-refractivity contribution is 6.07. The number of benzene rings is 2. The fourth-order valence-corrected chi connectivity index (χ4v) is 5.26. The van der Waals surface area contributed by atoms with Crippen LogP contribution in [0.2, 0.25) is 0 Å². The maximum Gasteiger partial charge on any atom is 0.345 e. The van der Waals surface area contributed by atoms with E-state index in [1.165, 1.54) is 6.07 Å². The van der Waals surface area contributed by atoms with Gasteiger partial charge in [0, 0.05) is 10.9 Å². The lowest BCUT2D eigenvalue weighted by molar-refractivity contribution is -0.214. The van der Waals surface area contributed by atoms with E-state index in [0.29, 0.717) is 66.0 Å². The van der Waals surface area contributed by atoms with Crippen molar-refractivity contribution in [1.29, 1.82) is 0 Å².